The van der Waals surface area contributed by atoms with Gasteiger partial charge in [0.1, 0.15) is 0 Å². The van der Waals surface area contributed by atoms with Crippen molar-refractivity contribution in [2.75, 3.05) is 20.3 Å². The topological polar surface area (TPSA) is 48.4 Å². The minimum absolute atomic E-state index is 0.179. The highest BCUT2D eigenvalue weighted by Crippen LogP contribution is 2.40. The first-order chi connectivity index (χ1) is 8.24. The van der Waals surface area contributed by atoms with Crippen molar-refractivity contribution in [1.82, 2.24) is 4.98 Å². The van der Waals surface area contributed by atoms with Crippen molar-refractivity contribution in [3.05, 3.63) is 30.1 Å². The molecule has 1 fully saturated rings. The summed E-state index contributed by atoms with van der Waals surface area (Å²) in [6, 6.07) is 5.76. The minimum Gasteiger partial charge on any atom is -0.469 e. The van der Waals surface area contributed by atoms with Crippen molar-refractivity contribution in [3.63, 3.8) is 0 Å². The van der Waals surface area contributed by atoms with Crippen LogP contribution in [0.5, 0.6) is 0 Å². The highest BCUT2D eigenvalue weighted by Gasteiger charge is 2.51. The van der Waals surface area contributed by atoms with E-state index >= 15 is 0 Å². The van der Waals surface area contributed by atoms with Gasteiger partial charge in [-0.2, -0.15) is 0 Å². The van der Waals surface area contributed by atoms with E-state index in [1.165, 1.54) is 7.11 Å². The van der Waals surface area contributed by atoms with Crippen molar-refractivity contribution in [3.8, 4) is 0 Å². The Labute approximate surface area is 101 Å². The smallest absolute Gasteiger partial charge is 0.309 e. The molecule has 0 saturated carbocycles. The van der Waals surface area contributed by atoms with Crippen LogP contribution in [-0.4, -0.2) is 31.3 Å². The number of hydrogen-bond acceptors (Lipinski definition) is 4. The highest BCUT2D eigenvalue weighted by molar-refractivity contribution is 5.74. The van der Waals surface area contributed by atoms with Crippen LogP contribution < -0.4 is 0 Å². The molecule has 0 bridgehead atoms. The van der Waals surface area contributed by atoms with Gasteiger partial charge in [0.15, 0.2) is 0 Å². The minimum atomic E-state index is -0.302. The molecule has 1 saturated heterocycles. The zero-order valence-electron chi connectivity index (χ0n) is 10.2. The second-order valence-electron chi connectivity index (χ2n) is 4.35. The first kappa shape index (κ1) is 12.0. The molecule has 1 aliphatic rings. The maximum absolute atomic E-state index is 11.9. The molecular weight excluding hydrogens is 218 g/mol. The zero-order valence-corrected chi connectivity index (χ0v) is 10.2. The van der Waals surface area contributed by atoms with Crippen LogP contribution in [-0.2, 0) is 19.7 Å². The normalized spacial score (nSPS) is 19.2. The molecule has 2 rings (SSSR count). The number of aromatic nitrogens is 1. The third-order valence-corrected chi connectivity index (χ3v) is 3.46. The number of nitrogens with zero attached hydrogens (tertiary/aromatic N) is 1. The molecule has 92 valence electrons. The first-order valence-electron chi connectivity index (χ1n) is 5.81. The molecule has 0 aromatic carbocycles. The fraction of sp³-hybridized carbons (Fsp3) is 0.538. The number of rotatable bonds is 4. The molecule has 1 atom stereocenters. The van der Waals surface area contributed by atoms with Gasteiger partial charge in [-0.05, 0) is 18.6 Å². The Morgan fingerprint density at radius 1 is 1.59 bits per heavy atom. The second-order valence-corrected chi connectivity index (χ2v) is 4.35. The molecule has 4 heteroatoms. The van der Waals surface area contributed by atoms with Crippen molar-refractivity contribution in [2.24, 2.45) is 5.92 Å². The van der Waals surface area contributed by atoms with E-state index in [1.54, 1.807) is 6.20 Å². The fourth-order valence-electron chi connectivity index (χ4n) is 2.43. The van der Waals surface area contributed by atoms with E-state index in [-0.39, 0.29) is 17.3 Å². The summed E-state index contributed by atoms with van der Waals surface area (Å²) in [6.45, 7) is 3.07. The monoisotopic (exact) mass is 235 g/mol. The summed E-state index contributed by atoms with van der Waals surface area (Å²) in [5, 5.41) is 0. The summed E-state index contributed by atoms with van der Waals surface area (Å²) in [7, 11) is 1.43. The molecule has 2 heterocycles. The number of pyridine rings is 1. The van der Waals surface area contributed by atoms with Crippen molar-refractivity contribution < 1.29 is 14.3 Å². The van der Waals surface area contributed by atoms with Crippen LogP contribution in [0.1, 0.15) is 19.0 Å². The predicted octanol–water partition coefficient (Wildman–Crippen LogP) is 1.55. The third kappa shape index (κ3) is 1.93. The summed E-state index contributed by atoms with van der Waals surface area (Å²) < 4.78 is 10.2. The van der Waals surface area contributed by atoms with Gasteiger partial charge in [0.2, 0.25) is 0 Å². The summed E-state index contributed by atoms with van der Waals surface area (Å²) >= 11 is 0. The average molecular weight is 235 g/mol. The lowest BCUT2D eigenvalue weighted by molar-refractivity contribution is -0.161. The van der Waals surface area contributed by atoms with Gasteiger partial charge in [-0.1, -0.05) is 13.0 Å². The Morgan fingerprint density at radius 2 is 2.35 bits per heavy atom. The lowest BCUT2D eigenvalue weighted by Crippen LogP contribution is -2.55. The average Bonchev–Trinajstić information content (AvgIpc) is 2.33. The molecule has 1 aromatic heterocycles. The molecule has 1 aromatic rings. The highest BCUT2D eigenvalue weighted by atomic mass is 16.5. The molecule has 1 unspecified atom stereocenters. The van der Waals surface area contributed by atoms with Crippen LogP contribution in [0, 0.1) is 5.92 Å². The molecular formula is C13H17NO3. The zero-order chi connectivity index (χ0) is 12.3. The molecule has 0 amide bonds. The number of ether oxygens (including phenoxy) is 2. The van der Waals surface area contributed by atoms with Crippen LogP contribution in [0.25, 0.3) is 0 Å². The predicted molar refractivity (Wildman–Crippen MR) is 62.5 cm³/mol. The Kier molecular flexibility index (Phi) is 3.43. The van der Waals surface area contributed by atoms with E-state index in [4.69, 9.17) is 9.47 Å². The molecule has 0 radical (unpaired) electrons. The van der Waals surface area contributed by atoms with Crippen molar-refractivity contribution in [2.45, 2.75) is 18.8 Å². The Bertz CT molecular complexity index is 387. The lowest BCUT2D eigenvalue weighted by atomic mass is 9.69. The molecule has 0 N–H and O–H groups in total. The largest absolute Gasteiger partial charge is 0.469 e. The van der Waals surface area contributed by atoms with E-state index < -0.39 is 0 Å². The van der Waals surface area contributed by atoms with Crippen molar-refractivity contribution >= 4 is 5.97 Å². The number of carbonyl (C=O) groups excluding carboxylic acids is 1. The van der Waals surface area contributed by atoms with Gasteiger partial charge >= 0.3 is 5.97 Å². The number of methoxy groups -OCH3 is 1. The SMILES string of the molecule is CCC(C(=O)OC)C1(c2ccccn2)COC1. The van der Waals surface area contributed by atoms with E-state index in [2.05, 4.69) is 4.98 Å². The van der Waals surface area contributed by atoms with Gasteiger partial charge in [-0.25, -0.2) is 0 Å². The van der Waals surface area contributed by atoms with Gasteiger partial charge in [-0.15, -0.1) is 0 Å². The first-order valence-corrected chi connectivity index (χ1v) is 5.81. The number of carbonyl (C=O) groups is 1. The Balaban J connectivity index is 2.34. The van der Waals surface area contributed by atoms with Gasteiger partial charge in [-0.3, -0.25) is 9.78 Å². The number of esters is 1. The maximum atomic E-state index is 11.9. The summed E-state index contributed by atoms with van der Waals surface area (Å²) in [5.41, 5.74) is 0.617. The van der Waals surface area contributed by atoms with Crippen LogP contribution >= 0.6 is 0 Å². The van der Waals surface area contributed by atoms with Crippen LogP contribution in [0.15, 0.2) is 24.4 Å². The second kappa shape index (κ2) is 4.84. The Morgan fingerprint density at radius 3 is 2.76 bits per heavy atom. The van der Waals surface area contributed by atoms with Crippen LogP contribution in [0.2, 0.25) is 0 Å². The molecule has 4 nitrogen and oxygen atoms in total. The summed E-state index contributed by atoms with van der Waals surface area (Å²) in [6.07, 6.45) is 2.48. The third-order valence-electron chi connectivity index (χ3n) is 3.46. The fourth-order valence-corrected chi connectivity index (χ4v) is 2.43. The van der Waals surface area contributed by atoms with E-state index in [1.807, 2.05) is 25.1 Å². The number of hydrogen-bond donors (Lipinski definition) is 0. The van der Waals surface area contributed by atoms with E-state index in [9.17, 15) is 4.79 Å². The van der Waals surface area contributed by atoms with E-state index in [0.29, 0.717) is 13.2 Å². The molecule has 0 spiro atoms. The maximum Gasteiger partial charge on any atom is 0.309 e. The summed E-state index contributed by atoms with van der Waals surface area (Å²) in [5.74, 6) is -0.363. The molecule has 1 aliphatic heterocycles. The van der Waals surface area contributed by atoms with Gasteiger partial charge in [0, 0.05) is 6.20 Å². The quantitative estimate of drug-likeness (QED) is 0.743. The van der Waals surface area contributed by atoms with Crippen LogP contribution in [0.4, 0.5) is 0 Å². The van der Waals surface area contributed by atoms with Crippen molar-refractivity contribution in [1.29, 1.82) is 0 Å². The standard InChI is InChI=1S/C13H17NO3/c1-3-10(12(15)16-2)13(8-17-9-13)11-6-4-5-7-14-11/h4-7,10H,3,8-9H2,1-2H3. The van der Waals surface area contributed by atoms with Crippen LogP contribution in [0.3, 0.4) is 0 Å². The lowest BCUT2D eigenvalue weighted by Gasteiger charge is -2.45. The molecule has 0 aliphatic carbocycles. The molecule has 17 heavy (non-hydrogen) atoms. The summed E-state index contributed by atoms with van der Waals surface area (Å²) in [4.78, 5) is 16.2. The van der Waals surface area contributed by atoms with E-state index in [0.717, 1.165) is 12.1 Å². The van der Waals surface area contributed by atoms with Gasteiger partial charge < -0.3 is 9.47 Å². The Hall–Kier alpha value is -1.42. The van der Waals surface area contributed by atoms with Gasteiger partial charge in [0.05, 0.1) is 37.4 Å². The van der Waals surface area contributed by atoms with Gasteiger partial charge in [0.25, 0.3) is 0 Å².